The van der Waals surface area contributed by atoms with Crippen LogP contribution in [0.25, 0.3) is 0 Å². The number of unbranched alkanes of at least 4 members (excludes halogenated alkanes) is 1. The maximum atomic E-state index is 13.3. The van der Waals surface area contributed by atoms with E-state index in [0.717, 1.165) is 29.5 Å². The minimum atomic E-state index is -0.551. The van der Waals surface area contributed by atoms with Gasteiger partial charge in [-0.25, -0.2) is 4.99 Å². The second kappa shape index (κ2) is 8.75. The summed E-state index contributed by atoms with van der Waals surface area (Å²) in [5.41, 5.74) is 0.131. The van der Waals surface area contributed by atoms with Crippen molar-refractivity contribution in [3.05, 3.63) is 16.4 Å². The maximum absolute atomic E-state index is 13.3. The van der Waals surface area contributed by atoms with Gasteiger partial charge in [0.2, 0.25) is 5.91 Å². The zero-order valence-electron chi connectivity index (χ0n) is 19.5. The van der Waals surface area contributed by atoms with E-state index in [9.17, 15) is 9.59 Å². The van der Waals surface area contributed by atoms with E-state index < -0.39 is 10.8 Å². The predicted octanol–water partition coefficient (Wildman–Crippen LogP) is 4.65. The first-order valence-electron chi connectivity index (χ1n) is 11.0. The molecule has 1 fully saturated rings. The van der Waals surface area contributed by atoms with Crippen LogP contribution in [0.15, 0.2) is 11.2 Å². The molecule has 2 rings (SSSR count). The van der Waals surface area contributed by atoms with E-state index in [1.54, 1.807) is 11.5 Å². The molecule has 1 aromatic rings. The van der Waals surface area contributed by atoms with Crippen molar-refractivity contribution in [3.63, 3.8) is 0 Å². The summed E-state index contributed by atoms with van der Waals surface area (Å²) < 4.78 is 3.03. The van der Waals surface area contributed by atoms with Gasteiger partial charge in [0.25, 0.3) is 5.91 Å². The highest BCUT2D eigenvalue weighted by atomic mass is 32.1. The summed E-state index contributed by atoms with van der Waals surface area (Å²) >= 11 is 1.57. The van der Waals surface area contributed by atoms with Gasteiger partial charge in [0.1, 0.15) is 4.67 Å². The molecule has 2 atom stereocenters. The van der Waals surface area contributed by atoms with E-state index >= 15 is 0 Å². The number of hydrogen-bond acceptors (Lipinski definition) is 3. The lowest BCUT2D eigenvalue weighted by Crippen LogP contribution is -2.48. The van der Waals surface area contributed by atoms with Gasteiger partial charge in [0, 0.05) is 29.8 Å². The SMILES string of the molecule is CCCCc1cn(C(C)(C)C)sc1=NC(=O)[C@@H]1CC[C@](C)(C(=O)NCC)C1(C)C. The molecule has 0 aliphatic heterocycles. The molecule has 5 nitrogen and oxygen atoms in total. The number of hydrogen-bond donors (Lipinski definition) is 1. The van der Waals surface area contributed by atoms with E-state index in [1.807, 2.05) is 13.8 Å². The molecule has 0 saturated heterocycles. The van der Waals surface area contributed by atoms with Crippen LogP contribution in [0.1, 0.15) is 86.6 Å². The molecule has 0 unspecified atom stereocenters. The number of carbonyl (C=O) groups excluding carboxylic acids is 2. The zero-order chi connectivity index (χ0) is 22.0. The molecule has 1 N–H and O–H groups in total. The van der Waals surface area contributed by atoms with Crippen LogP contribution < -0.4 is 9.99 Å². The van der Waals surface area contributed by atoms with E-state index in [1.165, 1.54) is 0 Å². The van der Waals surface area contributed by atoms with Crippen molar-refractivity contribution in [2.75, 3.05) is 6.54 Å². The molecular formula is C23H39N3O2S. The molecular weight excluding hydrogens is 382 g/mol. The molecule has 164 valence electrons. The Kier molecular flexibility index (Phi) is 7.19. The number of rotatable bonds is 6. The number of aryl methyl sites for hydroxylation is 1. The lowest BCUT2D eigenvalue weighted by atomic mass is 9.65. The summed E-state index contributed by atoms with van der Waals surface area (Å²) in [6, 6.07) is 0. The van der Waals surface area contributed by atoms with Gasteiger partial charge in [-0.05, 0) is 70.3 Å². The fourth-order valence-electron chi connectivity index (χ4n) is 4.21. The highest BCUT2D eigenvalue weighted by molar-refractivity contribution is 7.04. The van der Waals surface area contributed by atoms with Crippen molar-refractivity contribution in [1.82, 2.24) is 9.27 Å². The number of nitrogens with one attached hydrogen (secondary N) is 1. The average molecular weight is 422 g/mol. The van der Waals surface area contributed by atoms with Crippen LogP contribution in [0.5, 0.6) is 0 Å². The van der Waals surface area contributed by atoms with Crippen LogP contribution in [0.4, 0.5) is 0 Å². The van der Waals surface area contributed by atoms with E-state index in [-0.39, 0.29) is 23.3 Å². The first kappa shape index (κ1) is 23.8. The smallest absolute Gasteiger partial charge is 0.250 e. The van der Waals surface area contributed by atoms with Gasteiger partial charge >= 0.3 is 0 Å². The average Bonchev–Trinajstić information content (AvgIpc) is 3.12. The Balaban J connectivity index is 2.39. The number of amides is 2. The number of carbonyl (C=O) groups is 2. The Bertz CT molecular complexity index is 813. The fraction of sp³-hybridized carbons (Fsp3) is 0.783. The molecule has 0 spiro atoms. The summed E-state index contributed by atoms with van der Waals surface area (Å²) in [5.74, 6) is -0.270. The van der Waals surface area contributed by atoms with Gasteiger partial charge in [0.15, 0.2) is 0 Å². The minimum Gasteiger partial charge on any atom is -0.356 e. The van der Waals surface area contributed by atoms with Crippen molar-refractivity contribution in [2.45, 2.75) is 93.0 Å². The van der Waals surface area contributed by atoms with E-state index in [2.05, 4.69) is 62.0 Å². The molecule has 0 aromatic carbocycles. The molecule has 0 bridgehead atoms. The topological polar surface area (TPSA) is 63.5 Å². The lowest BCUT2D eigenvalue weighted by molar-refractivity contribution is -0.138. The van der Waals surface area contributed by atoms with Gasteiger partial charge in [-0.3, -0.25) is 13.5 Å². The third-order valence-electron chi connectivity index (χ3n) is 6.77. The second-order valence-electron chi connectivity index (χ2n) is 10.1. The van der Waals surface area contributed by atoms with Crippen LogP contribution in [0.2, 0.25) is 0 Å². The van der Waals surface area contributed by atoms with E-state index in [4.69, 9.17) is 0 Å². The van der Waals surface area contributed by atoms with Crippen LogP contribution in [-0.4, -0.2) is 22.3 Å². The Hall–Kier alpha value is -1.43. The quantitative estimate of drug-likeness (QED) is 0.726. The van der Waals surface area contributed by atoms with Gasteiger partial charge in [-0.2, -0.15) is 0 Å². The van der Waals surface area contributed by atoms with Crippen molar-refractivity contribution >= 4 is 23.3 Å². The molecule has 0 radical (unpaired) electrons. The Labute approximate surface area is 180 Å². The standard InChI is InChI=1S/C23H39N3O2S/c1-9-11-12-16-15-26(21(3,4)5)29-19(16)25-18(27)17-13-14-23(8,22(17,6)7)20(28)24-10-2/h15,17H,9-14H2,1-8H3,(H,24,28)/t17-,23+/m0/s1. The Morgan fingerprint density at radius 3 is 2.48 bits per heavy atom. The van der Waals surface area contributed by atoms with Crippen molar-refractivity contribution in [3.8, 4) is 0 Å². The molecule has 29 heavy (non-hydrogen) atoms. The molecule has 1 saturated carbocycles. The monoisotopic (exact) mass is 421 g/mol. The third kappa shape index (κ3) is 4.68. The first-order chi connectivity index (χ1) is 13.4. The van der Waals surface area contributed by atoms with Gasteiger partial charge < -0.3 is 5.32 Å². The third-order valence-corrected chi connectivity index (χ3v) is 8.14. The zero-order valence-corrected chi connectivity index (χ0v) is 20.3. The first-order valence-corrected chi connectivity index (χ1v) is 11.7. The largest absolute Gasteiger partial charge is 0.356 e. The highest BCUT2D eigenvalue weighted by Gasteiger charge is 2.57. The minimum absolute atomic E-state index is 0.0358. The van der Waals surface area contributed by atoms with Crippen molar-refractivity contribution < 1.29 is 9.59 Å². The van der Waals surface area contributed by atoms with Gasteiger partial charge in [-0.15, -0.1) is 0 Å². The fourth-order valence-corrected chi connectivity index (χ4v) is 5.25. The normalized spacial score (nSPS) is 24.7. The maximum Gasteiger partial charge on any atom is 0.250 e. The van der Waals surface area contributed by atoms with Gasteiger partial charge in [-0.1, -0.05) is 34.1 Å². The summed E-state index contributed by atoms with van der Waals surface area (Å²) in [5, 5.41) is 2.96. The van der Waals surface area contributed by atoms with Gasteiger partial charge in [0.05, 0.1) is 5.41 Å². The summed E-state index contributed by atoms with van der Waals surface area (Å²) in [4.78, 5) is 30.6. The summed E-state index contributed by atoms with van der Waals surface area (Å²) in [6.45, 7) is 17.3. The molecule has 1 heterocycles. The van der Waals surface area contributed by atoms with Crippen LogP contribution in [-0.2, 0) is 21.5 Å². The summed E-state index contributed by atoms with van der Waals surface area (Å²) in [7, 11) is 0. The van der Waals surface area contributed by atoms with Crippen LogP contribution >= 0.6 is 11.5 Å². The highest BCUT2D eigenvalue weighted by Crippen LogP contribution is 2.56. The number of nitrogens with zero attached hydrogens (tertiary/aromatic N) is 2. The van der Waals surface area contributed by atoms with Crippen LogP contribution in [0.3, 0.4) is 0 Å². The molecule has 2 amide bonds. The second-order valence-corrected chi connectivity index (χ2v) is 11.1. The van der Waals surface area contributed by atoms with Crippen molar-refractivity contribution in [1.29, 1.82) is 0 Å². The van der Waals surface area contributed by atoms with E-state index in [0.29, 0.717) is 19.4 Å². The predicted molar refractivity (Wildman–Crippen MR) is 120 cm³/mol. The van der Waals surface area contributed by atoms with Crippen LogP contribution in [0, 0.1) is 16.7 Å². The Morgan fingerprint density at radius 1 is 1.28 bits per heavy atom. The molecule has 1 aromatic heterocycles. The van der Waals surface area contributed by atoms with Crippen molar-refractivity contribution in [2.24, 2.45) is 21.7 Å². The lowest BCUT2D eigenvalue weighted by Gasteiger charge is -2.39. The number of aromatic nitrogens is 1. The molecule has 1 aliphatic rings. The molecule has 6 heteroatoms. The Morgan fingerprint density at radius 2 is 1.93 bits per heavy atom. The molecule has 1 aliphatic carbocycles. The summed E-state index contributed by atoms with van der Waals surface area (Å²) in [6.07, 6.45) is 6.71.